The van der Waals surface area contributed by atoms with E-state index in [4.69, 9.17) is 17.3 Å². The maximum atomic E-state index is 12.5. The first-order chi connectivity index (χ1) is 9.71. The van der Waals surface area contributed by atoms with Crippen LogP contribution in [0.4, 0.5) is 5.69 Å². The molecule has 1 rings (SSSR count). The van der Waals surface area contributed by atoms with Crippen molar-refractivity contribution in [3.8, 4) is 0 Å². The third-order valence-corrected chi connectivity index (χ3v) is 5.35. The first-order valence-corrected chi connectivity index (χ1v) is 8.25. The third kappa shape index (κ3) is 4.53. The summed E-state index contributed by atoms with van der Waals surface area (Å²) in [6.07, 6.45) is 0.932. The van der Waals surface area contributed by atoms with Crippen molar-refractivity contribution in [2.75, 3.05) is 6.54 Å². The van der Waals surface area contributed by atoms with Crippen LogP contribution in [0.15, 0.2) is 23.1 Å². The van der Waals surface area contributed by atoms with Crippen LogP contribution in [-0.4, -0.2) is 25.4 Å². The van der Waals surface area contributed by atoms with Gasteiger partial charge in [-0.25, -0.2) is 13.1 Å². The standard InChI is InChI=1S/C12H18ClN3O4S.ClH/c1-3-12(4-2,8-14)15-21(19,20)11-7-9(13)5-6-10(11)16(17)18;/h5-7,15H,3-4,8,14H2,1-2H3;1H. The molecule has 3 N–H and O–H groups in total. The fraction of sp³-hybridized carbons (Fsp3) is 0.500. The number of sulfonamides is 1. The number of rotatable bonds is 7. The molecule has 0 unspecified atom stereocenters. The molecule has 0 aliphatic rings. The number of nitro benzene ring substituents is 1. The summed E-state index contributed by atoms with van der Waals surface area (Å²) in [6.45, 7) is 3.68. The molecule has 0 aliphatic carbocycles. The van der Waals surface area contributed by atoms with Crippen LogP contribution >= 0.6 is 24.0 Å². The Kier molecular flexibility index (Phi) is 7.73. The molecule has 1 aromatic carbocycles. The summed E-state index contributed by atoms with van der Waals surface area (Å²) in [4.78, 5) is 9.78. The van der Waals surface area contributed by atoms with E-state index in [1.54, 1.807) is 13.8 Å². The van der Waals surface area contributed by atoms with E-state index in [9.17, 15) is 18.5 Å². The van der Waals surface area contributed by atoms with Crippen LogP contribution < -0.4 is 10.5 Å². The largest absolute Gasteiger partial charge is 0.329 e. The van der Waals surface area contributed by atoms with E-state index >= 15 is 0 Å². The highest BCUT2D eigenvalue weighted by Gasteiger charge is 2.34. The second-order valence-electron chi connectivity index (χ2n) is 4.67. The molecule has 0 radical (unpaired) electrons. The lowest BCUT2D eigenvalue weighted by Gasteiger charge is -2.30. The first kappa shape index (κ1) is 21.1. The van der Waals surface area contributed by atoms with Crippen molar-refractivity contribution < 1.29 is 13.3 Å². The smallest absolute Gasteiger partial charge is 0.289 e. The van der Waals surface area contributed by atoms with Crippen LogP contribution in [0.1, 0.15) is 26.7 Å². The van der Waals surface area contributed by atoms with Gasteiger partial charge in [0.05, 0.1) is 4.92 Å². The number of hydrogen-bond donors (Lipinski definition) is 2. The molecule has 10 heteroatoms. The zero-order valence-electron chi connectivity index (χ0n) is 12.2. The minimum Gasteiger partial charge on any atom is -0.329 e. The highest BCUT2D eigenvalue weighted by molar-refractivity contribution is 7.89. The average molecular weight is 372 g/mol. The van der Waals surface area contributed by atoms with E-state index in [0.29, 0.717) is 12.8 Å². The maximum Gasteiger partial charge on any atom is 0.289 e. The average Bonchev–Trinajstić information content (AvgIpc) is 2.44. The van der Waals surface area contributed by atoms with Crippen molar-refractivity contribution in [2.45, 2.75) is 37.1 Å². The van der Waals surface area contributed by atoms with Gasteiger partial charge in [-0.3, -0.25) is 10.1 Å². The molecule has 0 aromatic heterocycles. The summed E-state index contributed by atoms with van der Waals surface area (Å²) < 4.78 is 27.4. The van der Waals surface area contributed by atoms with E-state index in [1.165, 1.54) is 6.07 Å². The molecule has 0 bridgehead atoms. The van der Waals surface area contributed by atoms with Crippen molar-refractivity contribution in [2.24, 2.45) is 5.73 Å². The van der Waals surface area contributed by atoms with Gasteiger partial charge in [-0.1, -0.05) is 25.4 Å². The van der Waals surface area contributed by atoms with E-state index in [2.05, 4.69) is 4.72 Å². The lowest BCUT2D eigenvalue weighted by atomic mass is 9.95. The van der Waals surface area contributed by atoms with E-state index in [1.807, 2.05) is 0 Å². The van der Waals surface area contributed by atoms with Gasteiger partial charge in [-0.15, -0.1) is 12.4 Å². The van der Waals surface area contributed by atoms with E-state index in [-0.39, 0.29) is 24.0 Å². The minimum atomic E-state index is -4.11. The highest BCUT2D eigenvalue weighted by atomic mass is 35.5. The van der Waals surface area contributed by atoms with Crippen LogP contribution in [0.25, 0.3) is 0 Å². The van der Waals surface area contributed by atoms with Gasteiger partial charge in [0.15, 0.2) is 4.90 Å². The molecular weight excluding hydrogens is 353 g/mol. The Balaban J connectivity index is 0.00000441. The Morgan fingerprint density at radius 2 is 1.91 bits per heavy atom. The molecule has 0 heterocycles. The Morgan fingerprint density at radius 1 is 1.36 bits per heavy atom. The Labute approximate surface area is 140 Å². The number of halogens is 2. The van der Waals surface area contributed by atoms with Gasteiger partial charge in [0.2, 0.25) is 10.0 Å². The molecule has 7 nitrogen and oxygen atoms in total. The monoisotopic (exact) mass is 371 g/mol. The predicted octanol–water partition coefficient (Wildman–Crippen LogP) is 2.47. The summed E-state index contributed by atoms with van der Waals surface area (Å²) >= 11 is 5.76. The Bertz CT molecular complexity index is 625. The first-order valence-electron chi connectivity index (χ1n) is 6.39. The van der Waals surface area contributed by atoms with Crippen molar-refractivity contribution in [3.63, 3.8) is 0 Å². The lowest BCUT2D eigenvalue weighted by molar-refractivity contribution is -0.387. The van der Waals surface area contributed by atoms with Crippen LogP contribution in [0.3, 0.4) is 0 Å². The van der Waals surface area contributed by atoms with Crippen LogP contribution in [-0.2, 0) is 10.0 Å². The zero-order chi connectivity index (χ0) is 16.3. The van der Waals surface area contributed by atoms with Gasteiger partial charge in [-0.05, 0) is 25.0 Å². The predicted molar refractivity (Wildman–Crippen MR) is 88.0 cm³/mol. The fourth-order valence-electron chi connectivity index (χ4n) is 1.92. The minimum absolute atomic E-state index is 0. The number of nitrogens with two attached hydrogens (primary N) is 1. The van der Waals surface area contributed by atoms with Crippen LogP contribution in [0.2, 0.25) is 5.02 Å². The van der Waals surface area contributed by atoms with Crippen molar-refractivity contribution >= 4 is 39.7 Å². The van der Waals surface area contributed by atoms with Crippen molar-refractivity contribution in [1.29, 1.82) is 0 Å². The fourth-order valence-corrected chi connectivity index (χ4v) is 3.91. The van der Waals surface area contributed by atoms with Crippen molar-refractivity contribution in [3.05, 3.63) is 33.3 Å². The summed E-state index contributed by atoms with van der Waals surface area (Å²) in [6, 6.07) is 3.40. The van der Waals surface area contributed by atoms with Gasteiger partial charge in [0.25, 0.3) is 5.69 Å². The summed E-state index contributed by atoms with van der Waals surface area (Å²) in [5.41, 5.74) is 4.29. The molecule has 1 aromatic rings. The molecule has 0 amide bonds. The van der Waals surface area contributed by atoms with Gasteiger partial charge in [0.1, 0.15) is 0 Å². The van der Waals surface area contributed by atoms with Crippen molar-refractivity contribution in [1.82, 2.24) is 4.72 Å². The molecule has 0 spiro atoms. The molecule has 126 valence electrons. The van der Waals surface area contributed by atoms with Crippen LogP contribution in [0, 0.1) is 10.1 Å². The molecule has 22 heavy (non-hydrogen) atoms. The van der Waals surface area contributed by atoms with Gasteiger partial charge in [-0.2, -0.15) is 0 Å². The molecule has 0 saturated heterocycles. The Hall–Kier alpha value is -0.930. The number of benzene rings is 1. The van der Waals surface area contributed by atoms with E-state index < -0.39 is 31.1 Å². The second-order valence-corrected chi connectivity index (χ2v) is 6.75. The van der Waals surface area contributed by atoms with Gasteiger partial charge >= 0.3 is 0 Å². The van der Waals surface area contributed by atoms with E-state index in [0.717, 1.165) is 12.1 Å². The molecule has 0 aliphatic heterocycles. The Morgan fingerprint density at radius 3 is 2.32 bits per heavy atom. The quantitative estimate of drug-likeness (QED) is 0.564. The van der Waals surface area contributed by atoms with Gasteiger partial charge in [0, 0.05) is 23.2 Å². The number of nitrogens with one attached hydrogen (secondary N) is 1. The molecule has 0 atom stereocenters. The number of hydrogen-bond acceptors (Lipinski definition) is 5. The van der Waals surface area contributed by atoms with Gasteiger partial charge < -0.3 is 5.73 Å². The van der Waals surface area contributed by atoms with Crippen LogP contribution in [0.5, 0.6) is 0 Å². The summed E-state index contributed by atoms with van der Waals surface area (Å²) in [7, 11) is -4.11. The normalized spacial score (nSPS) is 11.8. The SMILES string of the molecule is CCC(CC)(CN)NS(=O)(=O)c1cc(Cl)ccc1[N+](=O)[O-].Cl. The highest BCUT2D eigenvalue weighted by Crippen LogP contribution is 2.28. The topological polar surface area (TPSA) is 115 Å². The molecular formula is C12H19Cl2N3O4S. The number of nitrogens with zero attached hydrogens (tertiary/aromatic N) is 1. The second kappa shape index (κ2) is 8.07. The molecule has 0 fully saturated rings. The summed E-state index contributed by atoms with van der Waals surface area (Å²) in [5, 5.41) is 11.1. The zero-order valence-corrected chi connectivity index (χ0v) is 14.6. The molecule has 0 saturated carbocycles. The number of nitro groups is 1. The summed E-state index contributed by atoms with van der Waals surface area (Å²) in [5.74, 6) is 0. The maximum absolute atomic E-state index is 12.5. The third-order valence-electron chi connectivity index (χ3n) is 3.50. The lowest BCUT2D eigenvalue weighted by Crippen LogP contribution is -2.52.